The molecule has 1 aromatic carbocycles. The zero-order valence-corrected chi connectivity index (χ0v) is 13.1. The largest absolute Gasteiger partial charge is 0.398 e. The molecule has 0 unspecified atom stereocenters. The van der Waals surface area contributed by atoms with Gasteiger partial charge in [0.25, 0.3) is 5.91 Å². The minimum atomic E-state index is -0.0569. The van der Waals surface area contributed by atoms with Gasteiger partial charge in [0.1, 0.15) is 0 Å². The monoisotopic (exact) mass is 339 g/mol. The fraction of sp³-hybridized carbons (Fsp3) is 0.231. The Labute approximate surface area is 124 Å². The minimum absolute atomic E-state index is 0.0569. The third-order valence-electron chi connectivity index (χ3n) is 2.87. The lowest BCUT2D eigenvalue weighted by Gasteiger charge is -2.18. The van der Waals surface area contributed by atoms with Crippen LogP contribution in [-0.2, 0) is 6.54 Å². The van der Waals surface area contributed by atoms with Crippen LogP contribution in [0.1, 0.15) is 21.6 Å². The van der Waals surface area contributed by atoms with Gasteiger partial charge in [-0.3, -0.25) is 4.79 Å². The number of nitrogens with two attached hydrogens (primary N) is 1. The van der Waals surface area contributed by atoms with Gasteiger partial charge < -0.3 is 10.6 Å². The molecule has 100 valence electrons. The number of aromatic nitrogens is 1. The summed E-state index contributed by atoms with van der Waals surface area (Å²) in [5.74, 6) is -0.0569. The number of anilines is 1. The summed E-state index contributed by atoms with van der Waals surface area (Å²) >= 11 is 4.88. The van der Waals surface area contributed by atoms with Gasteiger partial charge in [-0.25, -0.2) is 4.98 Å². The summed E-state index contributed by atoms with van der Waals surface area (Å²) in [7, 11) is 1.76. The Balaban J connectivity index is 2.24. The van der Waals surface area contributed by atoms with Crippen molar-refractivity contribution in [3.8, 4) is 0 Å². The Kier molecular flexibility index (Phi) is 4.21. The van der Waals surface area contributed by atoms with Crippen molar-refractivity contribution in [1.82, 2.24) is 9.88 Å². The molecule has 0 bridgehead atoms. The Morgan fingerprint density at radius 3 is 2.89 bits per heavy atom. The van der Waals surface area contributed by atoms with Crippen molar-refractivity contribution >= 4 is 38.9 Å². The maximum Gasteiger partial charge on any atom is 0.254 e. The predicted octanol–water partition coefficient (Wildman–Crippen LogP) is 3.07. The Bertz CT molecular complexity index is 598. The second kappa shape index (κ2) is 5.71. The number of hydrogen-bond acceptors (Lipinski definition) is 4. The molecule has 0 aliphatic rings. The number of hydrogen-bond donors (Lipinski definition) is 1. The molecule has 1 heterocycles. The molecule has 1 aromatic heterocycles. The summed E-state index contributed by atoms with van der Waals surface area (Å²) in [6.45, 7) is 2.35. The second-order valence-electron chi connectivity index (χ2n) is 4.31. The number of nitrogens with zero attached hydrogens (tertiary/aromatic N) is 2. The van der Waals surface area contributed by atoms with E-state index in [1.807, 2.05) is 12.3 Å². The first kappa shape index (κ1) is 14.0. The van der Waals surface area contributed by atoms with Crippen molar-refractivity contribution in [2.45, 2.75) is 13.5 Å². The highest BCUT2D eigenvalue weighted by Crippen LogP contribution is 2.24. The second-order valence-corrected chi connectivity index (χ2v) is 5.94. The lowest BCUT2D eigenvalue weighted by molar-refractivity contribution is 0.0783. The average molecular weight is 340 g/mol. The highest BCUT2D eigenvalue weighted by molar-refractivity contribution is 9.10. The number of nitrogen functional groups attached to an aromatic ring is 1. The lowest BCUT2D eigenvalue weighted by atomic mass is 10.1. The molecule has 6 heteroatoms. The molecule has 0 fully saturated rings. The van der Waals surface area contributed by atoms with E-state index >= 15 is 0 Å². The minimum Gasteiger partial charge on any atom is -0.398 e. The topological polar surface area (TPSA) is 59.2 Å². The molecule has 0 radical (unpaired) electrons. The van der Waals surface area contributed by atoms with Crippen molar-refractivity contribution in [3.05, 3.63) is 44.3 Å². The van der Waals surface area contributed by atoms with Crippen LogP contribution in [0.3, 0.4) is 0 Å². The Morgan fingerprint density at radius 1 is 1.53 bits per heavy atom. The first-order chi connectivity index (χ1) is 8.99. The summed E-state index contributed by atoms with van der Waals surface area (Å²) < 4.78 is 0.806. The molecular weight excluding hydrogens is 326 g/mol. The molecule has 0 saturated carbocycles. The summed E-state index contributed by atoms with van der Waals surface area (Å²) in [5, 5.41) is 1.94. The molecule has 2 rings (SSSR count). The standard InChI is InChI=1S/C13H14BrN3OS/c1-8-11(3-9(14)4-12(8)15)13(18)17(2)5-10-6-19-7-16-10/h3-4,6-7H,5,15H2,1-2H3. The first-order valence-electron chi connectivity index (χ1n) is 5.67. The number of carbonyl (C=O) groups is 1. The number of amides is 1. The van der Waals surface area contributed by atoms with Crippen molar-refractivity contribution in [3.63, 3.8) is 0 Å². The Morgan fingerprint density at radius 2 is 2.26 bits per heavy atom. The van der Waals surface area contributed by atoms with E-state index in [4.69, 9.17) is 5.73 Å². The SMILES string of the molecule is Cc1c(N)cc(Br)cc1C(=O)N(C)Cc1cscn1. The van der Waals surface area contributed by atoms with Gasteiger partial charge >= 0.3 is 0 Å². The number of halogens is 1. The van der Waals surface area contributed by atoms with Crippen LogP contribution in [0.15, 0.2) is 27.5 Å². The fourth-order valence-corrected chi connectivity index (χ4v) is 2.78. The number of carbonyl (C=O) groups excluding carboxylic acids is 1. The average Bonchev–Trinajstić information content (AvgIpc) is 2.85. The molecule has 19 heavy (non-hydrogen) atoms. The molecule has 1 amide bonds. The maximum absolute atomic E-state index is 12.4. The van der Waals surface area contributed by atoms with E-state index < -0.39 is 0 Å². The van der Waals surface area contributed by atoms with Crippen LogP contribution in [0.2, 0.25) is 0 Å². The van der Waals surface area contributed by atoms with Crippen molar-refractivity contribution in [2.24, 2.45) is 0 Å². The van der Waals surface area contributed by atoms with Gasteiger partial charge in [-0.2, -0.15) is 0 Å². The van der Waals surface area contributed by atoms with Gasteiger partial charge in [0.2, 0.25) is 0 Å². The van der Waals surface area contributed by atoms with Crippen molar-refractivity contribution in [2.75, 3.05) is 12.8 Å². The van der Waals surface area contributed by atoms with Gasteiger partial charge in [-0.15, -0.1) is 11.3 Å². The van der Waals surface area contributed by atoms with E-state index in [0.29, 0.717) is 17.8 Å². The molecular formula is C13H14BrN3OS. The molecule has 4 nitrogen and oxygen atoms in total. The number of rotatable bonds is 3. The summed E-state index contributed by atoms with van der Waals surface area (Å²) in [6.07, 6.45) is 0. The number of thiazole rings is 1. The quantitative estimate of drug-likeness (QED) is 0.874. The highest BCUT2D eigenvalue weighted by Gasteiger charge is 2.17. The van der Waals surface area contributed by atoms with E-state index in [2.05, 4.69) is 20.9 Å². The zero-order chi connectivity index (χ0) is 14.0. The van der Waals surface area contributed by atoms with Crippen LogP contribution < -0.4 is 5.73 Å². The van der Waals surface area contributed by atoms with Gasteiger partial charge in [0.15, 0.2) is 0 Å². The third-order valence-corrected chi connectivity index (χ3v) is 3.97. The first-order valence-corrected chi connectivity index (χ1v) is 7.40. The molecule has 2 aromatic rings. The number of benzene rings is 1. The van der Waals surface area contributed by atoms with Crippen LogP contribution in [0.25, 0.3) is 0 Å². The molecule has 2 N–H and O–H groups in total. The molecule has 0 spiro atoms. The normalized spacial score (nSPS) is 10.5. The summed E-state index contributed by atoms with van der Waals surface area (Å²) in [4.78, 5) is 18.2. The Hall–Kier alpha value is -1.40. The van der Waals surface area contributed by atoms with Crippen molar-refractivity contribution in [1.29, 1.82) is 0 Å². The zero-order valence-electron chi connectivity index (χ0n) is 10.7. The van der Waals surface area contributed by atoms with E-state index in [9.17, 15) is 4.79 Å². The van der Waals surface area contributed by atoms with Crippen molar-refractivity contribution < 1.29 is 4.79 Å². The van der Waals surface area contributed by atoms with Gasteiger partial charge in [-0.1, -0.05) is 15.9 Å². The molecule has 0 saturated heterocycles. The molecule has 0 aliphatic carbocycles. The van der Waals surface area contributed by atoms with E-state index in [-0.39, 0.29) is 5.91 Å². The fourth-order valence-electron chi connectivity index (χ4n) is 1.76. The van der Waals surface area contributed by atoms with Gasteiger partial charge in [0, 0.05) is 28.2 Å². The summed E-state index contributed by atoms with van der Waals surface area (Å²) in [6, 6.07) is 3.60. The third kappa shape index (κ3) is 3.13. The highest BCUT2D eigenvalue weighted by atomic mass is 79.9. The predicted molar refractivity (Wildman–Crippen MR) is 81.2 cm³/mol. The van der Waals surface area contributed by atoms with Crippen LogP contribution in [0.5, 0.6) is 0 Å². The lowest BCUT2D eigenvalue weighted by Crippen LogP contribution is -2.27. The van der Waals surface area contributed by atoms with E-state index in [1.165, 1.54) is 11.3 Å². The van der Waals surface area contributed by atoms with Crippen LogP contribution in [0.4, 0.5) is 5.69 Å². The van der Waals surface area contributed by atoms with Crippen LogP contribution >= 0.6 is 27.3 Å². The summed E-state index contributed by atoms with van der Waals surface area (Å²) in [5.41, 5.74) is 10.6. The van der Waals surface area contributed by atoms with Gasteiger partial charge in [-0.05, 0) is 24.6 Å². The van der Waals surface area contributed by atoms with E-state index in [1.54, 1.807) is 29.6 Å². The molecule has 0 aliphatic heterocycles. The smallest absolute Gasteiger partial charge is 0.254 e. The van der Waals surface area contributed by atoms with Gasteiger partial charge in [0.05, 0.1) is 17.7 Å². The molecule has 0 atom stereocenters. The van der Waals surface area contributed by atoms with Crippen LogP contribution in [-0.4, -0.2) is 22.8 Å². The van der Waals surface area contributed by atoms with E-state index in [0.717, 1.165) is 15.7 Å². The van der Waals surface area contributed by atoms with Crippen LogP contribution in [0, 0.1) is 6.92 Å². The maximum atomic E-state index is 12.4.